The highest BCUT2D eigenvalue weighted by Crippen LogP contribution is 2.20. The zero-order valence-electron chi connectivity index (χ0n) is 15.4. The first kappa shape index (κ1) is 20.9. The predicted octanol–water partition coefficient (Wildman–Crippen LogP) is 3.10. The Morgan fingerprint density at radius 2 is 2.00 bits per heavy atom. The number of carbonyl (C=O) groups is 1. The summed E-state index contributed by atoms with van der Waals surface area (Å²) in [6.45, 7) is 9.44. The van der Waals surface area contributed by atoms with Gasteiger partial charge in [-0.2, -0.15) is 0 Å². The Balaban J connectivity index is 1.86. The van der Waals surface area contributed by atoms with Crippen LogP contribution >= 0.6 is 23.8 Å². The van der Waals surface area contributed by atoms with E-state index < -0.39 is 5.82 Å². The van der Waals surface area contributed by atoms with E-state index in [9.17, 15) is 9.18 Å². The fourth-order valence-electron chi connectivity index (χ4n) is 2.77. The van der Waals surface area contributed by atoms with E-state index in [1.54, 1.807) is 6.07 Å². The summed E-state index contributed by atoms with van der Waals surface area (Å²) in [7, 11) is 0. The first-order valence-electron chi connectivity index (χ1n) is 8.68. The number of thiocarbonyl (C=S) groups is 1. The molecule has 1 aromatic carbocycles. The number of amides is 1. The molecule has 0 aliphatic carbocycles. The molecular formula is C18H26ClFN4OS. The second kappa shape index (κ2) is 8.97. The zero-order valence-corrected chi connectivity index (χ0v) is 17.0. The largest absolute Gasteiger partial charge is 0.350 e. The molecule has 1 saturated heterocycles. The van der Waals surface area contributed by atoms with Gasteiger partial charge in [-0.05, 0) is 57.6 Å². The van der Waals surface area contributed by atoms with E-state index in [1.807, 2.05) is 20.8 Å². The lowest BCUT2D eigenvalue weighted by Gasteiger charge is -2.26. The Morgan fingerprint density at radius 1 is 1.27 bits per heavy atom. The molecule has 0 spiro atoms. The number of rotatable bonds is 3. The first-order chi connectivity index (χ1) is 12.1. The van der Waals surface area contributed by atoms with Crippen LogP contribution in [0.25, 0.3) is 0 Å². The summed E-state index contributed by atoms with van der Waals surface area (Å²) in [5.41, 5.74) is 0.434. The van der Waals surface area contributed by atoms with Gasteiger partial charge in [-0.25, -0.2) is 4.39 Å². The third-order valence-corrected chi connectivity index (χ3v) is 4.58. The van der Waals surface area contributed by atoms with Crippen molar-refractivity contribution >= 4 is 40.5 Å². The van der Waals surface area contributed by atoms with Crippen molar-refractivity contribution in [3.63, 3.8) is 0 Å². The van der Waals surface area contributed by atoms with Crippen molar-refractivity contribution in [1.82, 2.24) is 15.1 Å². The molecule has 144 valence electrons. The van der Waals surface area contributed by atoms with Crippen molar-refractivity contribution in [2.45, 2.75) is 32.7 Å². The van der Waals surface area contributed by atoms with Gasteiger partial charge in [0, 0.05) is 37.4 Å². The van der Waals surface area contributed by atoms with Gasteiger partial charge in [0.15, 0.2) is 5.11 Å². The van der Waals surface area contributed by atoms with Crippen molar-refractivity contribution in [2.24, 2.45) is 0 Å². The molecule has 1 fully saturated rings. The highest BCUT2D eigenvalue weighted by molar-refractivity contribution is 7.80. The number of hydrogen-bond donors (Lipinski definition) is 2. The Hall–Kier alpha value is -1.44. The lowest BCUT2D eigenvalue weighted by atomic mass is 10.1. The van der Waals surface area contributed by atoms with Crippen LogP contribution in [0.2, 0.25) is 5.02 Å². The zero-order chi connectivity index (χ0) is 19.3. The van der Waals surface area contributed by atoms with Gasteiger partial charge >= 0.3 is 0 Å². The molecule has 0 saturated carbocycles. The average molecular weight is 401 g/mol. The van der Waals surface area contributed by atoms with Gasteiger partial charge in [0.2, 0.25) is 5.91 Å². The van der Waals surface area contributed by atoms with Crippen LogP contribution < -0.4 is 10.6 Å². The summed E-state index contributed by atoms with van der Waals surface area (Å²) in [5.74, 6) is -0.422. The van der Waals surface area contributed by atoms with Crippen molar-refractivity contribution in [3.8, 4) is 0 Å². The Morgan fingerprint density at radius 3 is 2.65 bits per heavy atom. The van der Waals surface area contributed by atoms with Gasteiger partial charge in [0.25, 0.3) is 0 Å². The van der Waals surface area contributed by atoms with Crippen molar-refractivity contribution < 1.29 is 9.18 Å². The second-order valence-electron chi connectivity index (χ2n) is 7.47. The normalized spacial score (nSPS) is 16.1. The molecule has 0 bridgehead atoms. The SMILES string of the molecule is CC(C)(C)NC(=O)CN1CCCN(C(=S)Nc2ccc(F)c(Cl)c2)CC1. The molecule has 8 heteroatoms. The predicted molar refractivity (Wildman–Crippen MR) is 108 cm³/mol. The third kappa shape index (κ3) is 6.70. The number of carbonyl (C=O) groups excluding carboxylic acids is 1. The number of benzene rings is 1. The van der Waals surface area contributed by atoms with Gasteiger partial charge < -0.3 is 15.5 Å². The third-order valence-electron chi connectivity index (χ3n) is 3.93. The summed E-state index contributed by atoms with van der Waals surface area (Å²) in [4.78, 5) is 16.3. The smallest absolute Gasteiger partial charge is 0.234 e. The minimum absolute atomic E-state index is 0.0348. The minimum atomic E-state index is -0.456. The molecule has 1 aromatic rings. The number of anilines is 1. The molecule has 1 aliphatic heterocycles. The summed E-state index contributed by atoms with van der Waals surface area (Å²) in [6, 6.07) is 4.43. The van der Waals surface area contributed by atoms with Crippen molar-refractivity contribution in [2.75, 3.05) is 38.0 Å². The lowest BCUT2D eigenvalue weighted by Crippen LogP contribution is -2.46. The lowest BCUT2D eigenvalue weighted by molar-refractivity contribution is -0.123. The van der Waals surface area contributed by atoms with Crippen LogP contribution in [0, 0.1) is 5.82 Å². The maximum atomic E-state index is 13.3. The number of hydrogen-bond acceptors (Lipinski definition) is 3. The number of nitrogens with one attached hydrogen (secondary N) is 2. The highest BCUT2D eigenvalue weighted by atomic mass is 35.5. The fourth-order valence-corrected chi connectivity index (χ4v) is 3.25. The topological polar surface area (TPSA) is 47.6 Å². The summed E-state index contributed by atoms with van der Waals surface area (Å²) >= 11 is 11.3. The molecule has 1 aliphatic rings. The van der Waals surface area contributed by atoms with E-state index in [1.165, 1.54) is 12.1 Å². The Kier molecular flexibility index (Phi) is 7.20. The van der Waals surface area contributed by atoms with Crippen LogP contribution in [0.3, 0.4) is 0 Å². The Bertz CT molecular complexity index is 665. The molecule has 5 nitrogen and oxygen atoms in total. The molecule has 0 unspecified atom stereocenters. The molecule has 1 amide bonds. The van der Waals surface area contributed by atoms with Gasteiger partial charge in [-0.3, -0.25) is 9.69 Å². The van der Waals surface area contributed by atoms with Crippen LogP contribution in [0.5, 0.6) is 0 Å². The van der Waals surface area contributed by atoms with E-state index in [4.69, 9.17) is 23.8 Å². The van der Waals surface area contributed by atoms with Gasteiger partial charge in [0.1, 0.15) is 5.82 Å². The first-order valence-corrected chi connectivity index (χ1v) is 9.47. The summed E-state index contributed by atoms with van der Waals surface area (Å²) in [6.07, 6.45) is 0.911. The summed E-state index contributed by atoms with van der Waals surface area (Å²) < 4.78 is 13.3. The molecule has 26 heavy (non-hydrogen) atoms. The minimum Gasteiger partial charge on any atom is -0.350 e. The quantitative estimate of drug-likeness (QED) is 0.763. The van der Waals surface area contributed by atoms with E-state index in [0.717, 1.165) is 32.6 Å². The van der Waals surface area contributed by atoms with Crippen LogP contribution in [-0.2, 0) is 4.79 Å². The number of nitrogens with zero attached hydrogens (tertiary/aromatic N) is 2. The molecular weight excluding hydrogens is 375 g/mol. The van der Waals surface area contributed by atoms with E-state index in [2.05, 4.69) is 20.4 Å². The molecule has 0 radical (unpaired) electrons. The molecule has 2 rings (SSSR count). The second-order valence-corrected chi connectivity index (χ2v) is 8.27. The average Bonchev–Trinajstić information content (AvgIpc) is 2.74. The van der Waals surface area contributed by atoms with E-state index >= 15 is 0 Å². The summed E-state index contributed by atoms with van der Waals surface area (Å²) in [5, 5.41) is 6.73. The van der Waals surface area contributed by atoms with Gasteiger partial charge in [0.05, 0.1) is 11.6 Å². The maximum absolute atomic E-state index is 13.3. The molecule has 0 aromatic heterocycles. The molecule has 2 N–H and O–H groups in total. The van der Waals surface area contributed by atoms with Crippen LogP contribution in [0.1, 0.15) is 27.2 Å². The van der Waals surface area contributed by atoms with Gasteiger partial charge in [-0.1, -0.05) is 11.6 Å². The Labute approximate surface area is 164 Å². The van der Waals surface area contributed by atoms with Crippen LogP contribution in [-0.4, -0.2) is 59.1 Å². The maximum Gasteiger partial charge on any atom is 0.234 e. The van der Waals surface area contributed by atoms with Crippen LogP contribution in [0.15, 0.2) is 18.2 Å². The molecule has 1 heterocycles. The highest BCUT2D eigenvalue weighted by Gasteiger charge is 2.21. The number of halogens is 2. The van der Waals surface area contributed by atoms with Crippen molar-refractivity contribution in [1.29, 1.82) is 0 Å². The molecule has 0 atom stereocenters. The monoisotopic (exact) mass is 400 g/mol. The van der Waals surface area contributed by atoms with Crippen LogP contribution in [0.4, 0.5) is 10.1 Å². The standard InChI is InChI=1S/C18H26ClFN4OS/c1-18(2,3)22-16(25)12-23-7-4-8-24(10-9-23)17(26)21-13-5-6-15(20)14(19)11-13/h5-6,11H,4,7-10,12H2,1-3H3,(H,21,26)(H,22,25). The van der Waals surface area contributed by atoms with Crippen molar-refractivity contribution in [3.05, 3.63) is 29.0 Å². The van der Waals surface area contributed by atoms with Gasteiger partial charge in [-0.15, -0.1) is 0 Å². The fraction of sp³-hybridized carbons (Fsp3) is 0.556. The van der Waals surface area contributed by atoms with E-state index in [0.29, 0.717) is 17.3 Å². The van der Waals surface area contributed by atoms with E-state index in [-0.39, 0.29) is 16.5 Å².